The molecule has 11 nitrogen and oxygen atoms in total. The van der Waals surface area contributed by atoms with Crippen LogP contribution in [0.5, 0.6) is 0 Å². The van der Waals surface area contributed by atoms with Crippen molar-refractivity contribution in [2.45, 2.75) is 49.3 Å². The van der Waals surface area contributed by atoms with Crippen LogP contribution in [0.2, 0.25) is 0 Å². The average Bonchev–Trinajstić information content (AvgIpc) is 3.12. The molecule has 0 bridgehead atoms. The molecule has 256 valence electrons. The van der Waals surface area contributed by atoms with Gasteiger partial charge < -0.3 is 31.6 Å². The molecule has 1 aliphatic rings. The summed E-state index contributed by atoms with van der Waals surface area (Å²) in [6.45, 7) is 1.83. The molecule has 0 aliphatic carbocycles. The van der Waals surface area contributed by atoms with Crippen molar-refractivity contribution in [3.63, 3.8) is 0 Å². The number of hydrogen-bond acceptors (Lipinski definition) is 10. The third-order valence-corrected chi connectivity index (χ3v) is 9.52. The Morgan fingerprint density at radius 2 is 1.62 bits per heavy atom. The van der Waals surface area contributed by atoms with E-state index in [1.165, 1.54) is 24.3 Å². The minimum absolute atomic E-state index is 0.0142. The Bertz CT molecular complexity index is 1660. The number of rotatable bonds is 16. The van der Waals surface area contributed by atoms with E-state index in [0.717, 1.165) is 5.56 Å². The highest BCUT2D eigenvalue weighted by Crippen LogP contribution is 2.28. The zero-order valence-corrected chi connectivity index (χ0v) is 27.3. The van der Waals surface area contributed by atoms with Crippen molar-refractivity contribution in [3.05, 3.63) is 112 Å². The van der Waals surface area contributed by atoms with E-state index >= 15 is 4.39 Å². The molecule has 3 aromatic carbocycles. The van der Waals surface area contributed by atoms with Gasteiger partial charge in [0.2, 0.25) is 15.0 Å². The fourth-order valence-electron chi connectivity index (χ4n) is 5.22. The number of unbranched alkanes of at least 4 members (excludes halogenated alkanes) is 1. The molecule has 1 heterocycles. The fourth-order valence-corrected chi connectivity index (χ4v) is 6.40. The maximum Gasteiger partial charge on any atom is 0.407 e. The maximum absolute atomic E-state index is 15.6. The van der Waals surface area contributed by atoms with Crippen LogP contribution in [0, 0.1) is 5.92 Å². The Labute approximate surface area is 279 Å². The lowest BCUT2D eigenvalue weighted by Crippen LogP contribution is -2.43. The van der Waals surface area contributed by atoms with E-state index in [4.69, 9.17) is 20.9 Å². The quantitative estimate of drug-likeness (QED) is 0.129. The molecule has 1 saturated heterocycles. The molecule has 3 aromatic rings. The number of nitrogens with one attached hydrogen (secondary N) is 2. The van der Waals surface area contributed by atoms with Gasteiger partial charge in [0.05, 0.1) is 29.2 Å². The number of ether oxygens (including phenoxy) is 2. The van der Waals surface area contributed by atoms with Crippen molar-refractivity contribution in [2.24, 2.45) is 17.4 Å². The van der Waals surface area contributed by atoms with Crippen molar-refractivity contribution in [3.8, 4) is 0 Å². The van der Waals surface area contributed by atoms with Crippen LogP contribution in [-0.2, 0) is 37.1 Å². The number of nitrogens with two attached hydrogens (primary N) is 2. The number of sulfone groups is 1. The summed E-state index contributed by atoms with van der Waals surface area (Å²) < 4.78 is 52.4. The number of benzene rings is 3. The number of ketones is 2. The van der Waals surface area contributed by atoms with Gasteiger partial charge >= 0.3 is 6.09 Å². The van der Waals surface area contributed by atoms with Crippen LogP contribution in [0.15, 0.2) is 101 Å². The van der Waals surface area contributed by atoms with E-state index in [-0.39, 0.29) is 43.1 Å². The highest BCUT2D eigenvalue weighted by Gasteiger charge is 2.33. The lowest BCUT2D eigenvalue weighted by molar-refractivity contribution is -0.123. The maximum atomic E-state index is 15.6. The minimum Gasteiger partial charge on any atom is -0.445 e. The van der Waals surface area contributed by atoms with Crippen LogP contribution < -0.4 is 22.1 Å². The van der Waals surface area contributed by atoms with E-state index in [2.05, 4.69) is 10.6 Å². The third kappa shape index (κ3) is 10.0. The van der Waals surface area contributed by atoms with E-state index in [0.29, 0.717) is 37.2 Å². The fraction of sp³-hybridized carbons (Fsp3) is 0.343. The normalized spacial score (nSPS) is 16.7. The van der Waals surface area contributed by atoms with E-state index in [9.17, 15) is 22.8 Å². The number of morpholine rings is 1. The topological polar surface area (TPSA) is 180 Å². The number of hydrogen-bond donors (Lipinski definition) is 4. The first-order valence-corrected chi connectivity index (χ1v) is 17.2. The molecule has 0 radical (unpaired) electrons. The molecular weight excluding hydrogens is 639 g/mol. The van der Waals surface area contributed by atoms with Gasteiger partial charge in [-0.05, 0) is 42.5 Å². The number of Topliss-reactive ketones (excluding diaryl/α,β-unsaturated/α-hetero) is 2. The van der Waals surface area contributed by atoms with Gasteiger partial charge in [0.15, 0.2) is 11.6 Å². The minimum atomic E-state index is -4.62. The summed E-state index contributed by atoms with van der Waals surface area (Å²) in [5.41, 5.74) is 13.6. The van der Waals surface area contributed by atoms with Gasteiger partial charge in [0.25, 0.3) is 0 Å². The first-order chi connectivity index (χ1) is 23.1. The van der Waals surface area contributed by atoms with Crippen molar-refractivity contribution >= 4 is 27.5 Å². The van der Waals surface area contributed by atoms with Gasteiger partial charge in [-0.15, -0.1) is 0 Å². The van der Waals surface area contributed by atoms with E-state index < -0.39 is 50.6 Å². The molecule has 13 heteroatoms. The van der Waals surface area contributed by atoms with Crippen LogP contribution in [0.4, 0.5) is 9.18 Å². The van der Waals surface area contributed by atoms with Crippen LogP contribution in [0.3, 0.4) is 0 Å². The highest BCUT2D eigenvalue weighted by atomic mass is 32.2. The molecule has 0 spiro atoms. The first-order valence-electron chi connectivity index (χ1n) is 15.7. The Morgan fingerprint density at radius 1 is 0.958 bits per heavy atom. The molecule has 1 aliphatic heterocycles. The van der Waals surface area contributed by atoms with E-state index in [1.54, 1.807) is 30.3 Å². The summed E-state index contributed by atoms with van der Waals surface area (Å²) in [6.07, 6.45) is -0.517. The number of carbonyl (C=O) groups excluding carboxylic acids is 3. The SMILES string of the molecule is NC(=C(F)S(=O)(=O)c1ccccc1)[C@H](CCCCNC(=O)OCc1ccccc1)C(=O)[C@@H](N)Cc1ccc(C(=O)C2CNCCO2)cc1. The summed E-state index contributed by atoms with van der Waals surface area (Å²) in [7, 11) is -4.62. The Balaban J connectivity index is 1.41. The Kier molecular flexibility index (Phi) is 13.4. The number of amides is 1. The van der Waals surface area contributed by atoms with Gasteiger partial charge in [-0.3, -0.25) is 9.59 Å². The molecule has 4 rings (SSSR count). The van der Waals surface area contributed by atoms with Crippen LogP contribution in [0.25, 0.3) is 0 Å². The van der Waals surface area contributed by atoms with Crippen molar-refractivity contribution < 1.29 is 36.7 Å². The second-order valence-electron chi connectivity index (χ2n) is 11.4. The first kappa shape index (κ1) is 36.4. The van der Waals surface area contributed by atoms with Crippen molar-refractivity contribution in [1.82, 2.24) is 10.6 Å². The van der Waals surface area contributed by atoms with Crippen LogP contribution >= 0.6 is 0 Å². The summed E-state index contributed by atoms with van der Waals surface area (Å²) in [5, 5.41) is 4.13. The lowest BCUT2D eigenvalue weighted by Gasteiger charge is -2.23. The number of halogens is 1. The second-order valence-corrected chi connectivity index (χ2v) is 13.3. The summed E-state index contributed by atoms with van der Waals surface area (Å²) in [5.74, 6) is -2.15. The van der Waals surface area contributed by atoms with Gasteiger partial charge in [-0.1, -0.05) is 79.2 Å². The number of alkyl carbamates (subject to hydrolysis) is 1. The molecule has 1 amide bonds. The third-order valence-electron chi connectivity index (χ3n) is 7.92. The predicted octanol–water partition coefficient (Wildman–Crippen LogP) is 3.58. The summed E-state index contributed by atoms with van der Waals surface area (Å²) >= 11 is 0. The average molecular weight is 681 g/mol. The molecule has 0 aromatic heterocycles. The van der Waals surface area contributed by atoms with Gasteiger partial charge in [0.1, 0.15) is 12.7 Å². The Hall–Kier alpha value is -4.43. The molecular formula is C35H41FN4O7S. The largest absolute Gasteiger partial charge is 0.445 e. The molecule has 1 fully saturated rings. The van der Waals surface area contributed by atoms with Gasteiger partial charge in [-0.2, -0.15) is 4.39 Å². The molecule has 48 heavy (non-hydrogen) atoms. The molecule has 1 unspecified atom stereocenters. The zero-order valence-electron chi connectivity index (χ0n) is 26.5. The van der Waals surface area contributed by atoms with E-state index in [1.807, 2.05) is 30.3 Å². The zero-order chi connectivity index (χ0) is 34.5. The van der Waals surface area contributed by atoms with Crippen LogP contribution in [-0.4, -0.2) is 64.5 Å². The van der Waals surface area contributed by atoms with Gasteiger partial charge in [-0.25, -0.2) is 13.2 Å². The molecule has 6 N–H and O–H groups in total. The number of allylic oxidation sites excluding steroid dienone is 1. The highest BCUT2D eigenvalue weighted by molar-refractivity contribution is 7.95. The van der Waals surface area contributed by atoms with Gasteiger partial charge in [0, 0.05) is 25.2 Å². The summed E-state index contributed by atoms with van der Waals surface area (Å²) in [4.78, 5) is 38.2. The Morgan fingerprint density at radius 3 is 2.27 bits per heavy atom. The second kappa shape index (κ2) is 17.6. The molecule has 0 saturated carbocycles. The van der Waals surface area contributed by atoms with Crippen LogP contribution in [0.1, 0.15) is 40.7 Å². The molecule has 3 atom stereocenters. The van der Waals surface area contributed by atoms with Crippen molar-refractivity contribution in [2.75, 3.05) is 26.2 Å². The monoisotopic (exact) mass is 680 g/mol. The standard InChI is InChI=1S/C35H41FN4O7S/c36-34(48(44,45)27-11-5-2-6-12-27)31(38)28(13-7-8-18-40-35(43)47-23-25-9-3-1-4-10-25)33(42)29(37)21-24-14-16-26(17-15-24)32(41)30-22-39-19-20-46-30/h1-6,9-12,14-17,28-30,39H,7-8,13,18-23,37-38H2,(H,40,43)/t28-,29-,30?/m0/s1. The summed E-state index contributed by atoms with van der Waals surface area (Å²) in [6, 6.07) is 21.6. The lowest BCUT2D eigenvalue weighted by atomic mass is 9.88. The number of carbonyl (C=O) groups is 3. The predicted molar refractivity (Wildman–Crippen MR) is 178 cm³/mol. The van der Waals surface area contributed by atoms with Crippen molar-refractivity contribution in [1.29, 1.82) is 0 Å². The smallest absolute Gasteiger partial charge is 0.407 e.